The normalized spacial score (nSPS) is 11.9. The summed E-state index contributed by atoms with van der Waals surface area (Å²) in [5, 5.41) is 2.99. The first kappa shape index (κ1) is 15.2. The Balaban J connectivity index is 2.40. The fourth-order valence-corrected chi connectivity index (χ4v) is 2.13. The van der Waals surface area contributed by atoms with Gasteiger partial charge in [0.2, 0.25) is 0 Å². The molecule has 0 saturated carbocycles. The van der Waals surface area contributed by atoms with Gasteiger partial charge in [-0.15, -0.1) is 0 Å². The minimum Gasteiger partial charge on any atom is -0.383 e. The predicted molar refractivity (Wildman–Crippen MR) is 80.0 cm³/mol. The van der Waals surface area contributed by atoms with Crippen molar-refractivity contribution in [1.29, 1.82) is 0 Å². The smallest absolute Gasteiger partial charge is 0.280 e. The molecule has 0 aliphatic heterocycles. The number of aromatic amines is 1. The second-order valence-electron chi connectivity index (χ2n) is 4.69. The molecule has 0 aliphatic carbocycles. The Morgan fingerprint density at radius 2 is 2.05 bits per heavy atom. The number of aromatic nitrogens is 2. The van der Waals surface area contributed by atoms with Crippen molar-refractivity contribution in [3.05, 3.63) is 51.7 Å². The summed E-state index contributed by atoms with van der Waals surface area (Å²) in [6.45, 7) is 4.62. The van der Waals surface area contributed by atoms with Crippen LogP contribution in [0.25, 0.3) is 5.69 Å². The van der Waals surface area contributed by atoms with E-state index in [1.165, 1.54) is 16.8 Å². The number of rotatable bonds is 5. The molecule has 112 valence electrons. The lowest BCUT2D eigenvalue weighted by Crippen LogP contribution is -2.20. The van der Waals surface area contributed by atoms with Crippen molar-refractivity contribution in [1.82, 2.24) is 9.78 Å². The summed E-state index contributed by atoms with van der Waals surface area (Å²) in [5.41, 5.74) is 2.31. The number of benzene rings is 1. The number of nitrogens with zero attached hydrogens (tertiary/aromatic N) is 2. The van der Waals surface area contributed by atoms with Crippen LogP contribution in [0.5, 0.6) is 0 Å². The molecule has 0 fully saturated rings. The molecule has 0 aliphatic rings. The van der Waals surface area contributed by atoms with E-state index in [-0.39, 0.29) is 11.4 Å². The first-order valence-electron chi connectivity index (χ1n) is 6.62. The molecule has 1 aromatic heterocycles. The van der Waals surface area contributed by atoms with E-state index in [0.29, 0.717) is 30.1 Å². The Kier molecular flexibility index (Phi) is 4.70. The van der Waals surface area contributed by atoms with Gasteiger partial charge in [0.25, 0.3) is 5.56 Å². The lowest BCUT2D eigenvalue weighted by Gasteiger charge is -2.00. The summed E-state index contributed by atoms with van der Waals surface area (Å²) < 4.78 is 19.3. The molecule has 5 nitrogen and oxygen atoms in total. The fourth-order valence-electron chi connectivity index (χ4n) is 2.13. The number of H-pyrrole nitrogens is 1. The van der Waals surface area contributed by atoms with E-state index in [4.69, 9.17) is 4.74 Å². The predicted octanol–water partition coefficient (Wildman–Crippen LogP) is 2.07. The maximum atomic E-state index is 13.0. The van der Waals surface area contributed by atoms with Gasteiger partial charge in [0.1, 0.15) is 5.82 Å². The SMILES string of the molecule is COCCN=C(C)c1c(C)[nH]n(-c2ccc(F)cc2)c1=O. The first-order valence-corrected chi connectivity index (χ1v) is 6.62. The number of hydrogen-bond donors (Lipinski definition) is 1. The highest BCUT2D eigenvalue weighted by molar-refractivity contribution is 5.99. The van der Waals surface area contributed by atoms with Gasteiger partial charge in [-0.25, -0.2) is 9.07 Å². The molecule has 0 saturated heterocycles. The molecular weight excluding hydrogens is 273 g/mol. The topological polar surface area (TPSA) is 59.4 Å². The third-order valence-corrected chi connectivity index (χ3v) is 3.16. The standard InChI is InChI=1S/C15H18FN3O2/c1-10(17-8-9-21-3)14-11(2)18-19(15(14)20)13-6-4-12(16)5-7-13/h4-7,18H,8-9H2,1-3H3. The summed E-state index contributed by atoms with van der Waals surface area (Å²) in [4.78, 5) is 16.8. The van der Waals surface area contributed by atoms with E-state index in [1.807, 2.05) is 6.92 Å². The number of methoxy groups -OCH3 is 1. The molecule has 0 spiro atoms. The van der Waals surface area contributed by atoms with Crippen LogP contribution in [0, 0.1) is 12.7 Å². The lowest BCUT2D eigenvalue weighted by molar-refractivity contribution is 0.208. The Morgan fingerprint density at radius 1 is 1.38 bits per heavy atom. The van der Waals surface area contributed by atoms with Gasteiger partial charge in [-0.05, 0) is 38.1 Å². The molecule has 2 rings (SSSR count). The number of ether oxygens (including phenoxy) is 1. The van der Waals surface area contributed by atoms with Crippen LogP contribution >= 0.6 is 0 Å². The van der Waals surface area contributed by atoms with Crippen LogP contribution in [-0.2, 0) is 4.74 Å². The van der Waals surface area contributed by atoms with Gasteiger partial charge in [-0.1, -0.05) is 0 Å². The molecule has 0 radical (unpaired) electrons. The minimum atomic E-state index is -0.340. The van der Waals surface area contributed by atoms with Crippen molar-refractivity contribution in [2.45, 2.75) is 13.8 Å². The number of nitrogens with one attached hydrogen (secondary N) is 1. The van der Waals surface area contributed by atoms with E-state index in [0.717, 1.165) is 5.69 Å². The van der Waals surface area contributed by atoms with Crippen molar-refractivity contribution in [3.8, 4) is 5.69 Å². The summed E-state index contributed by atoms with van der Waals surface area (Å²) in [6.07, 6.45) is 0. The van der Waals surface area contributed by atoms with E-state index in [2.05, 4.69) is 10.1 Å². The molecule has 1 aromatic carbocycles. The molecule has 1 heterocycles. The Morgan fingerprint density at radius 3 is 2.67 bits per heavy atom. The molecular formula is C15H18FN3O2. The molecule has 21 heavy (non-hydrogen) atoms. The zero-order valence-electron chi connectivity index (χ0n) is 12.3. The average Bonchev–Trinajstić information content (AvgIpc) is 2.75. The zero-order valence-corrected chi connectivity index (χ0v) is 12.3. The van der Waals surface area contributed by atoms with Gasteiger partial charge in [0.15, 0.2) is 0 Å². The van der Waals surface area contributed by atoms with Gasteiger partial charge in [-0.2, -0.15) is 0 Å². The Bertz CT molecular complexity index is 699. The van der Waals surface area contributed by atoms with Crippen LogP contribution in [0.3, 0.4) is 0 Å². The number of halogens is 1. The van der Waals surface area contributed by atoms with Crippen molar-refractivity contribution in [3.63, 3.8) is 0 Å². The molecule has 0 bridgehead atoms. The van der Waals surface area contributed by atoms with Crippen molar-refractivity contribution >= 4 is 5.71 Å². The van der Waals surface area contributed by atoms with Crippen molar-refractivity contribution in [2.24, 2.45) is 4.99 Å². The van der Waals surface area contributed by atoms with Gasteiger partial charge in [-0.3, -0.25) is 14.9 Å². The van der Waals surface area contributed by atoms with Gasteiger partial charge in [0.05, 0.1) is 24.4 Å². The maximum Gasteiger partial charge on any atom is 0.280 e. The highest BCUT2D eigenvalue weighted by Gasteiger charge is 2.14. The monoisotopic (exact) mass is 291 g/mol. The molecule has 6 heteroatoms. The zero-order chi connectivity index (χ0) is 15.4. The van der Waals surface area contributed by atoms with Crippen LogP contribution in [0.1, 0.15) is 18.2 Å². The van der Waals surface area contributed by atoms with Crippen LogP contribution in [0.2, 0.25) is 0 Å². The highest BCUT2D eigenvalue weighted by Crippen LogP contribution is 2.09. The number of aliphatic imine (C=N–C) groups is 1. The first-order chi connectivity index (χ1) is 10.0. The summed E-state index contributed by atoms with van der Waals surface area (Å²) in [7, 11) is 1.61. The van der Waals surface area contributed by atoms with Crippen molar-refractivity contribution < 1.29 is 9.13 Å². The van der Waals surface area contributed by atoms with Gasteiger partial charge < -0.3 is 4.74 Å². The van der Waals surface area contributed by atoms with Crippen LogP contribution in [-0.4, -0.2) is 35.8 Å². The number of hydrogen-bond acceptors (Lipinski definition) is 3. The second-order valence-corrected chi connectivity index (χ2v) is 4.69. The third kappa shape index (κ3) is 3.28. The minimum absolute atomic E-state index is 0.197. The second kappa shape index (κ2) is 6.49. The van der Waals surface area contributed by atoms with E-state index < -0.39 is 0 Å². The molecule has 0 amide bonds. The van der Waals surface area contributed by atoms with Crippen LogP contribution < -0.4 is 5.56 Å². The van der Waals surface area contributed by atoms with E-state index in [1.54, 1.807) is 26.2 Å². The molecule has 0 unspecified atom stereocenters. The average molecular weight is 291 g/mol. The van der Waals surface area contributed by atoms with Crippen molar-refractivity contribution in [2.75, 3.05) is 20.3 Å². The van der Waals surface area contributed by atoms with Gasteiger partial charge in [0, 0.05) is 18.5 Å². The summed E-state index contributed by atoms with van der Waals surface area (Å²) >= 11 is 0. The molecule has 1 N–H and O–H groups in total. The Hall–Kier alpha value is -2.21. The van der Waals surface area contributed by atoms with Crippen LogP contribution in [0.4, 0.5) is 4.39 Å². The molecule has 2 aromatic rings. The van der Waals surface area contributed by atoms with E-state index in [9.17, 15) is 9.18 Å². The van der Waals surface area contributed by atoms with Gasteiger partial charge >= 0.3 is 0 Å². The lowest BCUT2D eigenvalue weighted by atomic mass is 10.2. The quantitative estimate of drug-likeness (QED) is 0.677. The van der Waals surface area contributed by atoms with Crippen LogP contribution in [0.15, 0.2) is 34.1 Å². The molecule has 0 atom stereocenters. The fraction of sp³-hybridized carbons (Fsp3) is 0.333. The largest absolute Gasteiger partial charge is 0.383 e. The highest BCUT2D eigenvalue weighted by atomic mass is 19.1. The third-order valence-electron chi connectivity index (χ3n) is 3.16. The Labute approximate surface area is 122 Å². The maximum absolute atomic E-state index is 13.0. The van der Waals surface area contributed by atoms with E-state index >= 15 is 0 Å². The summed E-state index contributed by atoms with van der Waals surface area (Å²) in [5.74, 6) is -0.340. The summed E-state index contributed by atoms with van der Waals surface area (Å²) in [6, 6.07) is 5.73. The number of aryl methyl sites for hydroxylation is 1.